The van der Waals surface area contributed by atoms with E-state index in [1.54, 1.807) is 12.1 Å². The molecule has 1 N–H and O–H groups in total. The van der Waals surface area contributed by atoms with Crippen LogP contribution in [0.2, 0.25) is 0 Å². The van der Waals surface area contributed by atoms with Gasteiger partial charge in [0.05, 0.1) is 13.0 Å². The lowest BCUT2D eigenvalue weighted by atomic mass is 9.97. The number of piperidine rings is 1. The summed E-state index contributed by atoms with van der Waals surface area (Å²) in [6, 6.07) is 5.58. The molecule has 2 aliphatic rings. The molecule has 7 heteroatoms. The average Bonchev–Trinajstić information content (AvgIpc) is 3.02. The molecule has 0 bridgehead atoms. The first-order valence-electron chi connectivity index (χ1n) is 11.3. The van der Waals surface area contributed by atoms with E-state index >= 15 is 0 Å². The average molecular weight is 437 g/mol. The minimum Gasteiger partial charge on any atom is -0.495 e. The van der Waals surface area contributed by atoms with Gasteiger partial charge < -0.3 is 10.1 Å². The van der Waals surface area contributed by atoms with Crippen molar-refractivity contribution in [3.8, 4) is 5.75 Å². The zero-order valence-corrected chi connectivity index (χ0v) is 19.3. The van der Waals surface area contributed by atoms with Gasteiger partial charge in [-0.05, 0) is 49.3 Å². The van der Waals surface area contributed by atoms with Crippen molar-refractivity contribution in [1.82, 2.24) is 9.62 Å². The summed E-state index contributed by atoms with van der Waals surface area (Å²) < 4.78 is 33.7. The van der Waals surface area contributed by atoms with Crippen LogP contribution in [0.4, 0.5) is 0 Å². The van der Waals surface area contributed by atoms with Gasteiger partial charge in [-0.1, -0.05) is 45.6 Å². The van der Waals surface area contributed by atoms with Gasteiger partial charge in [0, 0.05) is 19.1 Å². The maximum absolute atomic E-state index is 13.5. The van der Waals surface area contributed by atoms with Crippen LogP contribution in [0.1, 0.15) is 76.7 Å². The van der Waals surface area contributed by atoms with Gasteiger partial charge in [-0.3, -0.25) is 4.79 Å². The lowest BCUT2D eigenvalue weighted by Crippen LogP contribution is -2.47. The van der Waals surface area contributed by atoms with Crippen molar-refractivity contribution in [2.75, 3.05) is 20.2 Å². The highest BCUT2D eigenvalue weighted by molar-refractivity contribution is 7.89. The standard InChI is InChI=1S/C23H36N2O4S/c1-17(2)18-12-13-21(29-3)22(15-18)30(27,28)25-14-8-9-19(16-25)23(26)24-20-10-6-4-5-7-11-20/h12-13,15,17,19-20H,4-11,14,16H2,1-3H3,(H,24,26)/t19-/m1/s1. The minimum absolute atomic E-state index is 0.00435. The molecule has 168 valence electrons. The summed E-state index contributed by atoms with van der Waals surface area (Å²) in [7, 11) is -2.25. The summed E-state index contributed by atoms with van der Waals surface area (Å²) in [4.78, 5) is 13.1. The number of ether oxygens (including phenoxy) is 1. The summed E-state index contributed by atoms with van der Waals surface area (Å²) in [5.41, 5.74) is 0.953. The molecule has 1 heterocycles. The van der Waals surface area contributed by atoms with Crippen LogP contribution in [0.3, 0.4) is 0 Å². The van der Waals surface area contributed by atoms with Crippen LogP contribution in [0.5, 0.6) is 5.75 Å². The van der Waals surface area contributed by atoms with E-state index < -0.39 is 10.0 Å². The largest absolute Gasteiger partial charge is 0.495 e. The maximum atomic E-state index is 13.5. The fraction of sp³-hybridized carbons (Fsp3) is 0.696. The number of sulfonamides is 1. The van der Waals surface area contributed by atoms with E-state index in [-0.39, 0.29) is 35.2 Å². The molecule has 1 saturated heterocycles. The van der Waals surface area contributed by atoms with Crippen molar-refractivity contribution in [3.63, 3.8) is 0 Å². The fourth-order valence-corrected chi connectivity index (χ4v) is 6.23. The molecule has 0 unspecified atom stereocenters. The van der Waals surface area contributed by atoms with Crippen LogP contribution in [0, 0.1) is 5.92 Å². The number of methoxy groups -OCH3 is 1. The van der Waals surface area contributed by atoms with E-state index in [9.17, 15) is 13.2 Å². The third kappa shape index (κ3) is 5.35. The highest BCUT2D eigenvalue weighted by Crippen LogP contribution is 2.32. The van der Waals surface area contributed by atoms with Crippen LogP contribution in [0.25, 0.3) is 0 Å². The van der Waals surface area contributed by atoms with Gasteiger partial charge in [0.15, 0.2) is 0 Å². The highest BCUT2D eigenvalue weighted by Gasteiger charge is 2.35. The molecule has 0 spiro atoms. The van der Waals surface area contributed by atoms with Crippen LogP contribution in [-0.2, 0) is 14.8 Å². The van der Waals surface area contributed by atoms with Crippen molar-refractivity contribution < 1.29 is 17.9 Å². The maximum Gasteiger partial charge on any atom is 0.246 e. The molecule has 1 aliphatic heterocycles. The molecular formula is C23H36N2O4S. The molecule has 1 amide bonds. The molecule has 2 fully saturated rings. The quantitative estimate of drug-likeness (QED) is 0.683. The Labute approximate surface area is 181 Å². The van der Waals surface area contributed by atoms with E-state index in [1.807, 2.05) is 19.9 Å². The Morgan fingerprint density at radius 2 is 1.80 bits per heavy atom. The van der Waals surface area contributed by atoms with E-state index in [2.05, 4.69) is 5.32 Å². The van der Waals surface area contributed by atoms with Gasteiger partial charge in [0.2, 0.25) is 15.9 Å². The number of benzene rings is 1. The second-order valence-corrected chi connectivity index (χ2v) is 10.9. The van der Waals surface area contributed by atoms with Crippen molar-refractivity contribution in [1.29, 1.82) is 0 Å². The van der Waals surface area contributed by atoms with Crippen LogP contribution in [-0.4, -0.2) is 44.9 Å². The van der Waals surface area contributed by atoms with Crippen LogP contribution >= 0.6 is 0 Å². The molecule has 0 radical (unpaired) electrons. The molecule has 30 heavy (non-hydrogen) atoms. The Morgan fingerprint density at radius 1 is 1.10 bits per heavy atom. The predicted molar refractivity (Wildman–Crippen MR) is 118 cm³/mol. The number of hydrogen-bond donors (Lipinski definition) is 1. The Balaban J connectivity index is 1.75. The number of carbonyl (C=O) groups excluding carboxylic acids is 1. The highest BCUT2D eigenvalue weighted by atomic mass is 32.2. The zero-order valence-electron chi connectivity index (χ0n) is 18.5. The lowest BCUT2D eigenvalue weighted by Gasteiger charge is -2.32. The molecule has 1 atom stereocenters. The monoisotopic (exact) mass is 436 g/mol. The van der Waals surface area contributed by atoms with Gasteiger partial charge in [-0.15, -0.1) is 0 Å². The van der Waals surface area contributed by atoms with Gasteiger partial charge >= 0.3 is 0 Å². The third-order valence-electron chi connectivity index (χ3n) is 6.43. The van der Waals surface area contributed by atoms with Gasteiger partial charge in [-0.25, -0.2) is 8.42 Å². The first-order valence-corrected chi connectivity index (χ1v) is 12.8. The number of amides is 1. The Bertz CT molecular complexity index is 830. The lowest BCUT2D eigenvalue weighted by molar-refractivity contribution is -0.126. The molecule has 0 aromatic heterocycles. The van der Waals surface area contributed by atoms with Crippen molar-refractivity contribution in [3.05, 3.63) is 23.8 Å². The van der Waals surface area contributed by atoms with Crippen molar-refractivity contribution in [2.45, 2.75) is 82.1 Å². The number of rotatable bonds is 6. The van der Waals surface area contributed by atoms with Gasteiger partial charge in [0.1, 0.15) is 10.6 Å². The number of carbonyl (C=O) groups is 1. The molecule has 1 aliphatic carbocycles. The molecule has 1 aromatic carbocycles. The van der Waals surface area contributed by atoms with Crippen molar-refractivity contribution >= 4 is 15.9 Å². The van der Waals surface area contributed by atoms with Crippen molar-refractivity contribution in [2.24, 2.45) is 5.92 Å². The summed E-state index contributed by atoms with van der Waals surface area (Å²) in [5.74, 6) is 0.273. The fourth-order valence-electron chi connectivity index (χ4n) is 4.51. The Morgan fingerprint density at radius 3 is 2.43 bits per heavy atom. The predicted octanol–water partition coefficient (Wildman–Crippen LogP) is 4.06. The van der Waals surface area contributed by atoms with Crippen LogP contribution < -0.4 is 10.1 Å². The normalized spacial score (nSPS) is 21.9. The first-order chi connectivity index (χ1) is 14.3. The van der Waals surface area contributed by atoms with Gasteiger partial charge in [0.25, 0.3) is 0 Å². The zero-order chi connectivity index (χ0) is 21.7. The second kappa shape index (κ2) is 10.1. The SMILES string of the molecule is COc1ccc(C(C)C)cc1S(=O)(=O)N1CCC[C@@H](C(=O)NC2CCCCCC2)C1. The topological polar surface area (TPSA) is 75.7 Å². The number of nitrogens with zero attached hydrogens (tertiary/aromatic N) is 1. The second-order valence-electron chi connectivity index (χ2n) is 8.96. The van der Waals surface area contributed by atoms with Gasteiger partial charge in [-0.2, -0.15) is 4.31 Å². The molecule has 1 saturated carbocycles. The molecular weight excluding hydrogens is 400 g/mol. The minimum atomic E-state index is -3.74. The first kappa shape index (κ1) is 23.1. The number of nitrogens with one attached hydrogen (secondary N) is 1. The molecule has 1 aromatic rings. The van der Waals surface area contributed by atoms with Crippen LogP contribution in [0.15, 0.2) is 23.1 Å². The summed E-state index contributed by atoms with van der Waals surface area (Å²) >= 11 is 0. The van der Waals surface area contributed by atoms with E-state index in [1.165, 1.54) is 24.3 Å². The van der Waals surface area contributed by atoms with E-state index in [0.717, 1.165) is 37.7 Å². The third-order valence-corrected chi connectivity index (χ3v) is 8.31. The Hall–Kier alpha value is -1.60. The number of hydrogen-bond acceptors (Lipinski definition) is 4. The van der Waals surface area contributed by atoms with E-state index in [0.29, 0.717) is 18.7 Å². The summed E-state index contributed by atoms with van der Waals surface area (Å²) in [6.45, 7) is 4.74. The molecule has 6 nitrogen and oxygen atoms in total. The summed E-state index contributed by atoms with van der Waals surface area (Å²) in [5, 5.41) is 3.20. The Kier molecular flexibility index (Phi) is 7.80. The smallest absolute Gasteiger partial charge is 0.246 e. The van der Waals surface area contributed by atoms with E-state index in [4.69, 9.17) is 4.74 Å². The molecule has 3 rings (SSSR count). The summed E-state index contributed by atoms with van der Waals surface area (Å²) in [6.07, 6.45) is 8.25.